The van der Waals surface area contributed by atoms with Crippen LogP contribution in [0.2, 0.25) is 0 Å². The fourth-order valence-corrected chi connectivity index (χ4v) is 1.36. The molecule has 0 saturated heterocycles. The first-order valence-corrected chi connectivity index (χ1v) is 5.13. The van der Waals surface area contributed by atoms with E-state index >= 15 is 0 Å². The van der Waals surface area contributed by atoms with E-state index in [1.54, 1.807) is 0 Å². The second kappa shape index (κ2) is 6.41. The van der Waals surface area contributed by atoms with Crippen molar-refractivity contribution in [3.63, 3.8) is 0 Å². The van der Waals surface area contributed by atoms with Crippen LogP contribution in [0.3, 0.4) is 0 Å². The van der Waals surface area contributed by atoms with Crippen LogP contribution in [0.15, 0.2) is 17.5 Å². The summed E-state index contributed by atoms with van der Waals surface area (Å²) in [5.74, 6) is 0.704. The number of hydrogen-bond donors (Lipinski definition) is 0. The van der Waals surface area contributed by atoms with Gasteiger partial charge in [0.05, 0.1) is 0 Å². The highest BCUT2D eigenvalue weighted by atomic mass is 32.1. The lowest BCUT2D eigenvalue weighted by molar-refractivity contribution is 0.890. The van der Waals surface area contributed by atoms with Gasteiger partial charge in [-0.25, -0.2) is 0 Å². The van der Waals surface area contributed by atoms with Crippen molar-refractivity contribution >= 4 is 11.3 Å². The predicted molar refractivity (Wildman–Crippen MR) is 54.4 cm³/mol. The van der Waals surface area contributed by atoms with Crippen molar-refractivity contribution < 1.29 is 0 Å². The van der Waals surface area contributed by atoms with Gasteiger partial charge in [0.15, 0.2) is 0 Å². The first-order valence-electron chi connectivity index (χ1n) is 4.25. The maximum Gasteiger partial charge on any atom is 0.00706 e. The Kier molecular flexibility index (Phi) is 6.24. The summed E-state index contributed by atoms with van der Waals surface area (Å²) in [5, 5.41) is 2.12. The molecule has 0 bridgehead atoms. The monoisotopic (exact) mass is 170 g/mol. The van der Waals surface area contributed by atoms with Gasteiger partial charge in [0, 0.05) is 4.88 Å². The zero-order valence-electron chi connectivity index (χ0n) is 7.92. The van der Waals surface area contributed by atoms with E-state index in [0.717, 1.165) is 0 Å². The van der Waals surface area contributed by atoms with Gasteiger partial charge < -0.3 is 0 Å². The van der Waals surface area contributed by atoms with Gasteiger partial charge in [0.25, 0.3) is 0 Å². The fraction of sp³-hybridized carbons (Fsp3) is 0.600. The molecule has 0 aromatic carbocycles. The summed E-state index contributed by atoms with van der Waals surface area (Å²) in [6.07, 6.45) is 1.25. The first-order chi connectivity index (χ1) is 5.22. The third-order valence-corrected chi connectivity index (χ3v) is 2.29. The number of thiophene rings is 1. The quantitative estimate of drug-likeness (QED) is 0.590. The van der Waals surface area contributed by atoms with Crippen molar-refractivity contribution in [1.29, 1.82) is 0 Å². The lowest BCUT2D eigenvalue weighted by Crippen LogP contribution is -1.77. The highest BCUT2D eigenvalue weighted by Gasteiger charge is 1.95. The molecule has 0 aliphatic heterocycles. The third kappa shape index (κ3) is 5.02. The maximum atomic E-state index is 2.21. The molecule has 0 aliphatic carbocycles. The largest absolute Gasteiger partial charge is 0.149 e. The molecule has 64 valence electrons. The van der Waals surface area contributed by atoms with E-state index < -0.39 is 0 Å². The Balaban J connectivity index is 0.000000292. The van der Waals surface area contributed by atoms with Gasteiger partial charge in [-0.1, -0.05) is 40.2 Å². The van der Waals surface area contributed by atoms with E-state index in [4.69, 9.17) is 0 Å². The molecule has 0 unspecified atom stereocenters. The minimum Gasteiger partial charge on any atom is -0.149 e. The van der Waals surface area contributed by atoms with E-state index in [0.29, 0.717) is 5.92 Å². The maximum absolute atomic E-state index is 2.21. The molecular formula is C10H18S. The van der Waals surface area contributed by atoms with E-state index in [9.17, 15) is 0 Å². The molecule has 0 nitrogen and oxygen atoms in total. The molecule has 1 rings (SSSR count). The van der Waals surface area contributed by atoms with Crippen LogP contribution in [0, 0.1) is 0 Å². The Labute approximate surface area is 74.3 Å². The van der Waals surface area contributed by atoms with Crippen LogP contribution in [0.1, 0.15) is 44.9 Å². The van der Waals surface area contributed by atoms with Gasteiger partial charge in [0.1, 0.15) is 0 Å². The molecule has 0 amide bonds. The van der Waals surface area contributed by atoms with Crippen molar-refractivity contribution in [3.8, 4) is 0 Å². The summed E-state index contributed by atoms with van der Waals surface area (Å²) in [6.45, 7) is 8.68. The van der Waals surface area contributed by atoms with E-state index in [1.807, 2.05) is 11.3 Å². The predicted octanol–water partition coefficient (Wildman–Crippen LogP) is 4.29. The summed E-state index contributed by atoms with van der Waals surface area (Å²) in [4.78, 5) is 1.48. The van der Waals surface area contributed by atoms with Crippen LogP contribution in [-0.2, 0) is 0 Å². The average Bonchev–Trinajstić information content (AvgIpc) is 2.38. The first kappa shape index (κ1) is 10.7. The van der Waals surface area contributed by atoms with Gasteiger partial charge in [0.2, 0.25) is 0 Å². The molecule has 1 heterocycles. The highest BCUT2D eigenvalue weighted by molar-refractivity contribution is 7.10. The van der Waals surface area contributed by atoms with Gasteiger partial charge in [-0.05, 0) is 17.4 Å². The molecule has 0 N–H and O–H groups in total. The van der Waals surface area contributed by atoms with E-state index in [2.05, 4.69) is 45.2 Å². The minimum atomic E-state index is 0.704. The second-order valence-corrected chi connectivity index (χ2v) is 3.86. The molecule has 0 aliphatic rings. The van der Waals surface area contributed by atoms with E-state index in [1.165, 1.54) is 11.3 Å². The fourth-order valence-electron chi connectivity index (χ4n) is 0.620. The van der Waals surface area contributed by atoms with Gasteiger partial charge in [-0.15, -0.1) is 11.3 Å². The summed E-state index contributed by atoms with van der Waals surface area (Å²) in [5.41, 5.74) is 0. The lowest BCUT2D eigenvalue weighted by atomic mass is 10.2. The molecule has 0 saturated carbocycles. The van der Waals surface area contributed by atoms with Crippen LogP contribution in [-0.4, -0.2) is 0 Å². The van der Waals surface area contributed by atoms with Crippen LogP contribution in [0.4, 0.5) is 0 Å². The van der Waals surface area contributed by atoms with Crippen LogP contribution in [0.25, 0.3) is 0 Å². The second-order valence-electron chi connectivity index (χ2n) is 2.88. The Morgan fingerprint density at radius 1 is 1.36 bits per heavy atom. The number of hydrogen-bond acceptors (Lipinski definition) is 1. The summed E-state index contributed by atoms with van der Waals surface area (Å²) < 4.78 is 0. The summed E-state index contributed by atoms with van der Waals surface area (Å²) in [6, 6.07) is 4.27. The van der Waals surface area contributed by atoms with Crippen molar-refractivity contribution in [2.24, 2.45) is 0 Å². The molecule has 0 spiro atoms. The molecular weight excluding hydrogens is 152 g/mol. The van der Waals surface area contributed by atoms with Crippen molar-refractivity contribution in [1.82, 2.24) is 0 Å². The van der Waals surface area contributed by atoms with Crippen LogP contribution in [0.5, 0.6) is 0 Å². The minimum absolute atomic E-state index is 0.704. The average molecular weight is 170 g/mol. The third-order valence-electron chi connectivity index (χ3n) is 1.11. The highest BCUT2D eigenvalue weighted by Crippen LogP contribution is 2.18. The molecule has 0 atom stereocenters. The molecule has 1 aromatic rings. The Morgan fingerprint density at radius 2 is 1.91 bits per heavy atom. The van der Waals surface area contributed by atoms with Crippen molar-refractivity contribution in [3.05, 3.63) is 22.4 Å². The summed E-state index contributed by atoms with van der Waals surface area (Å²) in [7, 11) is 0. The SMILES string of the molecule is CC(C)c1cccs1.CCC. The Morgan fingerprint density at radius 3 is 2.09 bits per heavy atom. The summed E-state index contributed by atoms with van der Waals surface area (Å²) >= 11 is 1.83. The normalized spacial score (nSPS) is 9.18. The van der Waals surface area contributed by atoms with Crippen LogP contribution < -0.4 is 0 Å². The van der Waals surface area contributed by atoms with Gasteiger partial charge >= 0.3 is 0 Å². The van der Waals surface area contributed by atoms with E-state index in [-0.39, 0.29) is 0 Å². The standard InChI is InChI=1S/C7H10S.C3H8/c1-6(2)7-4-3-5-8-7;1-3-2/h3-6H,1-2H3;3H2,1-2H3. The van der Waals surface area contributed by atoms with Crippen LogP contribution >= 0.6 is 11.3 Å². The molecule has 1 heteroatoms. The topological polar surface area (TPSA) is 0 Å². The van der Waals surface area contributed by atoms with Gasteiger partial charge in [-0.2, -0.15) is 0 Å². The number of rotatable bonds is 1. The Hall–Kier alpha value is -0.300. The zero-order valence-corrected chi connectivity index (χ0v) is 8.74. The molecule has 11 heavy (non-hydrogen) atoms. The Bertz CT molecular complexity index is 151. The van der Waals surface area contributed by atoms with Gasteiger partial charge in [-0.3, -0.25) is 0 Å². The zero-order chi connectivity index (χ0) is 8.69. The van der Waals surface area contributed by atoms with Crippen molar-refractivity contribution in [2.75, 3.05) is 0 Å². The molecule has 0 radical (unpaired) electrons. The lowest BCUT2D eigenvalue weighted by Gasteiger charge is -1.95. The molecule has 1 aromatic heterocycles. The smallest absolute Gasteiger partial charge is 0.00706 e. The molecule has 0 fully saturated rings. The van der Waals surface area contributed by atoms with Crippen molar-refractivity contribution in [2.45, 2.75) is 40.0 Å².